The maximum Gasteiger partial charge on any atom is 0.155 e. The number of carbonyl (C=O) groups excluding carboxylic acids is 1. The standard InChI is InChI=1S/C14H16O2/c1-10-8-13(16-2)6-7-14(10)11-4-3-5-12(15)9-11/h6-9H,3-5H2,1-2H3. The van der Waals surface area contributed by atoms with E-state index in [1.54, 1.807) is 13.2 Å². The van der Waals surface area contributed by atoms with Gasteiger partial charge in [0.2, 0.25) is 0 Å². The average Bonchev–Trinajstić information content (AvgIpc) is 2.28. The van der Waals surface area contributed by atoms with Crippen LogP contribution < -0.4 is 4.74 Å². The normalized spacial score (nSPS) is 15.9. The van der Waals surface area contributed by atoms with Crippen molar-refractivity contribution in [3.8, 4) is 5.75 Å². The minimum atomic E-state index is 0.247. The summed E-state index contributed by atoms with van der Waals surface area (Å²) in [5.74, 6) is 1.11. The van der Waals surface area contributed by atoms with Crippen LogP contribution in [-0.4, -0.2) is 12.9 Å². The Morgan fingerprint density at radius 2 is 2.06 bits per heavy atom. The van der Waals surface area contributed by atoms with E-state index in [-0.39, 0.29) is 5.78 Å². The fourth-order valence-corrected chi connectivity index (χ4v) is 2.13. The number of rotatable bonds is 2. The van der Waals surface area contributed by atoms with Crippen molar-refractivity contribution in [3.05, 3.63) is 35.4 Å². The highest BCUT2D eigenvalue weighted by molar-refractivity contribution is 5.98. The molecule has 84 valence electrons. The molecule has 1 aromatic carbocycles. The maximum absolute atomic E-state index is 11.4. The van der Waals surface area contributed by atoms with Crippen molar-refractivity contribution in [2.24, 2.45) is 0 Å². The molecule has 0 aliphatic heterocycles. The first kappa shape index (κ1) is 10.9. The molecule has 2 nitrogen and oxygen atoms in total. The molecule has 0 N–H and O–H groups in total. The van der Waals surface area contributed by atoms with Crippen molar-refractivity contribution in [1.29, 1.82) is 0 Å². The molecule has 0 spiro atoms. The second-order valence-corrected chi connectivity index (χ2v) is 4.17. The number of hydrogen-bond acceptors (Lipinski definition) is 2. The molecular formula is C14H16O2. The molecule has 0 fully saturated rings. The minimum Gasteiger partial charge on any atom is -0.497 e. The molecule has 0 saturated carbocycles. The molecule has 1 aliphatic rings. The van der Waals surface area contributed by atoms with E-state index >= 15 is 0 Å². The van der Waals surface area contributed by atoms with Gasteiger partial charge in [0.25, 0.3) is 0 Å². The minimum absolute atomic E-state index is 0.247. The van der Waals surface area contributed by atoms with Gasteiger partial charge in [-0.2, -0.15) is 0 Å². The summed E-state index contributed by atoms with van der Waals surface area (Å²) in [4.78, 5) is 11.4. The van der Waals surface area contributed by atoms with Gasteiger partial charge in [-0.15, -0.1) is 0 Å². The average molecular weight is 216 g/mol. The summed E-state index contributed by atoms with van der Waals surface area (Å²) in [6.07, 6.45) is 4.45. The van der Waals surface area contributed by atoms with Crippen LogP contribution in [0.1, 0.15) is 30.4 Å². The van der Waals surface area contributed by atoms with Crippen LogP contribution >= 0.6 is 0 Å². The lowest BCUT2D eigenvalue weighted by molar-refractivity contribution is -0.114. The smallest absolute Gasteiger partial charge is 0.155 e. The molecule has 0 atom stereocenters. The first-order chi connectivity index (χ1) is 7.70. The molecule has 2 rings (SSSR count). The Bertz CT molecular complexity index is 444. The summed E-state index contributed by atoms with van der Waals surface area (Å²) >= 11 is 0. The van der Waals surface area contributed by atoms with Crippen LogP contribution in [0, 0.1) is 6.92 Å². The lowest BCUT2D eigenvalue weighted by Gasteiger charge is -2.15. The van der Waals surface area contributed by atoms with Gasteiger partial charge >= 0.3 is 0 Å². The van der Waals surface area contributed by atoms with Crippen LogP contribution in [0.2, 0.25) is 0 Å². The summed E-state index contributed by atoms with van der Waals surface area (Å²) in [5.41, 5.74) is 3.51. The summed E-state index contributed by atoms with van der Waals surface area (Å²) < 4.78 is 5.17. The SMILES string of the molecule is COc1ccc(C2=CC(=O)CCC2)c(C)c1. The third-order valence-electron chi connectivity index (χ3n) is 2.98. The predicted molar refractivity (Wildman–Crippen MR) is 64.6 cm³/mol. The maximum atomic E-state index is 11.4. The molecule has 0 bridgehead atoms. The highest BCUT2D eigenvalue weighted by Gasteiger charge is 2.13. The Balaban J connectivity index is 2.37. The third kappa shape index (κ3) is 2.16. The highest BCUT2D eigenvalue weighted by atomic mass is 16.5. The number of allylic oxidation sites excluding steroid dienone is 2. The van der Waals surface area contributed by atoms with E-state index in [0.717, 1.165) is 24.2 Å². The van der Waals surface area contributed by atoms with Gasteiger partial charge in [-0.05, 0) is 54.7 Å². The van der Waals surface area contributed by atoms with Gasteiger partial charge < -0.3 is 4.74 Å². The number of benzene rings is 1. The zero-order valence-electron chi connectivity index (χ0n) is 9.75. The van der Waals surface area contributed by atoms with E-state index in [4.69, 9.17) is 4.74 Å². The van der Waals surface area contributed by atoms with E-state index in [1.165, 1.54) is 11.1 Å². The Morgan fingerprint density at radius 1 is 1.25 bits per heavy atom. The van der Waals surface area contributed by atoms with Gasteiger partial charge in [-0.3, -0.25) is 4.79 Å². The summed E-state index contributed by atoms with van der Waals surface area (Å²) in [6, 6.07) is 6.00. The van der Waals surface area contributed by atoms with Crippen LogP contribution in [0.15, 0.2) is 24.3 Å². The fourth-order valence-electron chi connectivity index (χ4n) is 2.13. The van der Waals surface area contributed by atoms with Crippen molar-refractivity contribution < 1.29 is 9.53 Å². The molecule has 2 heteroatoms. The topological polar surface area (TPSA) is 26.3 Å². The van der Waals surface area contributed by atoms with E-state index < -0.39 is 0 Å². The Morgan fingerprint density at radius 3 is 2.69 bits per heavy atom. The Hall–Kier alpha value is -1.57. The van der Waals surface area contributed by atoms with E-state index in [0.29, 0.717) is 6.42 Å². The molecule has 1 aliphatic carbocycles. The molecular weight excluding hydrogens is 200 g/mol. The van der Waals surface area contributed by atoms with Gasteiger partial charge in [-0.1, -0.05) is 6.07 Å². The Labute approximate surface area is 95.9 Å². The van der Waals surface area contributed by atoms with Gasteiger partial charge in [0, 0.05) is 6.42 Å². The third-order valence-corrected chi connectivity index (χ3v) is 2.98. The van der Waals surface area contributed by atoms with E-state index in [9.17, 15) is 4.79 Å². The van der Waals surface area contributed by atoms with Gasteiger partial charge in [0.05, 0.1) is 7.11 Å². The summed E-state index contributed by atoms with van der Waals surface area (Å²) in [5, 5.41) is 0. The zero-order chi connectivity index (χ0) is 11.5. The Kier molecular flexibility index (Phi) is 3.09. The first-order valence-corrected chi connectivity index (χ1v) is 5.59. The monoisotopic (exact) mass is 216 g/mol. The molecule has 0 saturated heterocycles. The van der Waals surface area contributed by atoms with Crippen LogP contribution in [0.4, 0.5) is 0 Å². The van der Waals surface area contributed by atoms with Gasteiger partial charge in [0.15, 0.2) is 5.78 Å². The second kappa shape index (κ2) is 4.52. The summed E-state index contributed by atoms with van der Waals surface area (Å²) in [6.45, 7) is 2.05. The first-order valence-electron chi connectivity index (χ1n) is 5.59. The van der Waals surface area contributed by atoms with Crippen molar-refractivity contribution in [3.63, 3.8) is 0 Å². The van der Waals surface area contributed by atoms with E-state index in [2.05, 4.69) is 6.92 Å². The largest absolute Gasteiger partial charge is 0.497 e. The van der Waals surface area contributed by atoms with Gasteiger partial charge in [-0.25, -0.2) is 0 Å². The van der Waals surface area contributed by atoms with Crippen LogP contribution in [0.5, 0.6) is 5.75 Å². The van der Waals surface area contributed by atoms with Crippen LogP contribution in [-0.2, 0) is 4.79 Å². The summed E-state index contributed by atoms with van der Waals surface area (Å²) in [7, 11) is 1.66. The molecule has 0 heterocycles. The van der Waals surface area contributed by atoms with E-state index in [1.807, 2.05) is 18.2 Å². The molecule has 0 amide bonds. The highest BCUT2D eigenvalue weighted by Crippen LogP contribution is 2.29. The number of methoxy groups -OCH3 is 1. The van der Waals surface area contributed by atoms with Crippen LogP contribution in [0.3, 0.4) is 0 Å². The molecule has 1 aromatic rings. The number of ether oxygens (including phenoxy) is 1. The van der Waals surface area contributed by atoms with Gasteiger partial charge in [0.1, 0.15) is 5.75 Å². The molecule has 0 unspecified atom stereocenters. The predicted octanol–water partition coefficient (Wildman–Crippen LogP) is 3.14. The van der Waals surface area contributed by atoms with Crippen molar-refractivity contribution in [1.82, 2.24) is 0 Å². The number of ketones is 1. The molecule has 0 aromatic heterocycles. The second-order valence-electron chi connectivity index (χ2n) is 4.17. The number of carbonyl (C=O) groups is 1. The number of hydrogen-bond donors (Lipinski definition) is 0. The molecule has 16 heavy (non-hydrogen) atoms. The zero-order valence-corrected chi connectivity index (χ0v) is 9.75. The molecule has 0 radical (unpaired) electrons. The van der Waals surface area contributed by atoms with Crippen molar-refractivity contribution >= 4 is 11.4 Å². The van der Waals surface area contributed by atoms with Crippen LogP contribution in [0.25, 0.3) is 5.57 Å². The quantitative estimate of drug-likeness (QED) is 0.759. The van der Waals surface area contributed by atoms with Crippen molar-refractivity contribution in [2.45, 2.75) is 26.2 Å². The fraction of sp³-hybridized carbons (Fsp3) is 0.357. The lowest BCUT2D eigenvalue weighted by Crippen LogP contribution is -2.03. The van der Waals surface area contributed by atoms with Crippen molar-refractivity contribution in [2.75, 3.05) is 7.11 Å². The number of aryl methyl sites for hydroxylation is 1. The lowest BCUT2D eigenvalue weighted by atomic mass is 9.90.